The second kappa shape index (κ2) is 6.85. The van der Waals surface area contributed by atoms with E-state index in [-0.39, 0.29) is 6.03 Å². The van der Waals surface area contributed by atoms with Crippen molar-refractivity contribution in [2.45, 2.75) is 20.0 Å². The van der Waals surface area contributed by atoms with E-state index in [9.17, 15) is 4.79 Å². The molecule has 0 atom stereocenters. The molecule has 0 aromatic carbocycles. The number of thiazole rings is 1. The highest BCUT2D eigenvalue weighted by Gasteiger charge is 2.06. The molecule has 2 aromatic rings. The maximum absolute atomic E-state index is 11.7. The van der Waals surface area contributed by atoms with Gasteiger partial charge in [-0.15, -0.1) is 11.3 Å². The average molecular weight is 292 g/mol. The van der Waals surface area contributed by atoms with Crippen LogP contribution in [0.1, 0.15) is 15.4 Å². The fourth-order valence-electron chi connectivity index (χ4n) is 1.63. The lowest BCUT2D eigenvalue weighted by Gasteiger charge is -2.09. The van der Waals surface area contributed by atoms with Crippen LogP contribution in [0, 0.1) is 6.92 Å². The second-order valence-electron chi connectivity index (χ2n) is 4.05. The first kappa shape index (κ1) is 14.3. The second-order valence-corrected chi connectivity index (χ2v) is 5.37. The van der Waals surface area contributed by atoms with E-state index < -0.39 is 0 Å². The molecule has 2 heterocycles. The van der Waals surface area contributed by atoms with Crippen LogP contribution in [0.25, 0.3) is 0 Å². The number of nitrogens with zero attached hydrogens (tertiary/aromatic N) is 2. The first-order chi connectivity index (χ1) is 9.69. The van der Waals surface area contributed by atoms with Gasteiger partial charge >= 0.3 is 6.03 Å². The van der Waals surface area contributed by atoms with E-state index in [2.05, 4.69) is 20.6 Å². The smallest absolute Gasteiger partial charge is 0.315 e. The molecule has 0 aliphatic carbocycles. The van der Waals surface area contributed by atoms with E-state index >= 15 is 0 Å². The predicted molar refractivity (Wildman–Crippen MR) is 76.7 cm³/mol. The summed E-state index contributed by atoms with van der Waals surface area (Å²) in [6.07, 6.45) is 3.42. The number of urea groups is 1. The number of amides is 2. The number of carbonyl (C=O) groups is 1. The molecule has 6 nitrogen and oxygen atoms in total. The first-order valence-electron chi connectivity index (χ1n) is 6.10. The Morgan fingerprint density at radius 1 is 1.35 bits per heavy atom. The minimum absolute atomic E-state index is 0.234. The van der Waals surface area contributed by atoms with Gasteiger partial charge in [-0.1, -0.05) is 6.07 Å². The summed E-state index contributed by atoms with van der Waals surface area (Å²) in [6.45, 7) is 2.77. The zero-order valence-electron chi connectivity index (χ0n) is 11.3. The van der Waals surface area contributed by atoms with Crippen LogP contribution >= 0.6 is 11.3 Å². The Balaban J connectivity index is 1.80. The highest BCUT2D eigenvalue weighted by atomic mass is 32.1. The zero-order chi connectivity index (χ0) is 14.4. The molecule has 7 heteroatoms. The van der Waals surface area contributed by atoms with Crippen molar-refractivity contribution in [3.8, 4) is 5.88 Å². The van der Waals surface area contributed by atoms with Crippen molar-refractivity contribution in [2.24, 2.45) is 0 Å². The molecule has 0 spiro atoms. The first-order valence-corrected chi connectivity index (χ1v) is 6.91. The molecule has 2 aromatic heterocycles. The van der Waals surface area contributed by atoms with Gasteiger partial charge < -0.3 is 15.4 Å². The predicted octanol–water partition coefficient (Wildman–Crippen LogP) is 1.85. The van der Waals surface area contributed by atoms with Crippen molar-refractivity contribution in [2.75, 3.05) is 7.11 Å². The van der Waals surface area contributed by atoms with Crippen molar-refractivity contribution < 1.29 is 9.53 Å². The van der Waals surface area contributed by atoms with Crippen LogP contribution in [-0.4, -0.2) is 23.1 Å². The van der Waals surface area contributed by atoms with E-state index in [4.69, 9.17) is 4.74 Å². The molecule has 0 aliphatic rings. The highest BCUT2D eigenvalue weighted by molar-refractivity contribution is 7.11. The van der Waals surface area contributed by atoms with Gasteiger partial charge in [-0.05, 0) is 13.0 Å². The molecular formula is C13H16N4O2S. The summed E-state index contributed by atoms with van der Waals surface area (Å²) >= 11 is 1.57. The van der Waals surface area contributed by atoms with Crippen molar-refractivity contribution in [3.05, 3.63) is 40.0 Å². The number of ether oxygens (including phenoxy) is 1. The van der Waals surface area contributed by atoms with Crippen LogP contribution in [-0.2, 0) is 13.1 Å². The Morgan fingerprint density at radius 3 is 2.85 bits per heavy atom. The Bertz CT molecular complexity index is 585. The summed E-state index contributed by atoms with van der Waals surface area (Å²) in [7, 11) is 1.55. The molecule has 0 unspecified atom stereocenters. The van der Waals surface area contributed by atoms with Gasteiger partial charge in [0.1, 0.15) is 0 Å². The lowest BCUT2D eigenvalue weighted by Crippen LogP contribution is -2.34. The Kier molecular flexibility index (Phi) is 4.89. The summed E-state index contributed by atoms with van der Waals surface area (Å²) in [5, 5.41) is 6.53. The van der Waals surface area contributed by atoms with E-state index in [1.54, 1.807) is 36.9 Å². The summed E-state index contributed by atoms with van der Waals surface area (Å²) in [4.78, 5) is 20.9. The van der Waals surface area contributed by atoms with Crippen LogP contribution in [0.3, 0.4) is 0 Å². The summed E-state index contributed by atoms with van der Waals surface area (Å²) in [6, 6.07) is 3.43. The van der Waals surface area contributed by atoms with Crippen molar-refractivity contribution in [1.82, 2.24) is 20.6 Å². The molecule has 0 saturated heterocycles. The van der Waals surface area contributed by atoms with Crippen LogP contribution in [0.4, 0.5) is 4.79 Å². The minimum atomic E-state index is -0.234. The quantitative estimate of drug-likeness (QED) is 0.882. The van der Waals surface area contributed by atoms with Gasteiger partial charge in [0.05, 0.1) is 18.7 Å². The summed E-state index contributed by atoms with van der Waals surface area (Å²) < 4.78 is 5.12. The molecule has 0 bridgehead atoms. The molecule has 2 amide bonds. The van der Waals surface area contributed by atoms with Gasteiger partial charge in [0, 0.05) is 29.4 Å². The van der Waals surface area contributed by atoms with Crippen molar-refractivity contribution >= 4 is 17.4 Å². The molecule has 0 radical (unpaired) electrons. The number of rotatable bonds is 5. The lowest BCUT2D eigenvalue weighted by molar-refractivity contribution is 0.240. The number of carbonyl (C=O) groups excluding carboxylic acids is 1. The van der Waals surface area contributed by atoms with Crippen LogP contribution in [0.2, 0.25) is 0 Å². The summed E-state index contributed by atoms with van der Waals surface area (Å²) in [5.74, 6) is 0.519. The van der Waals surface area contributed by atoms with E-state index in [0.29, 0.717) is 19.0 Å². The number of methoxy groups -OCH3 is 1. The number of aromatic nitrogens is 2. The van der Waals surface area contributed by atoms with Crippen molar-refractivity contribution in [3.63, 3.8) is 0 Å². The molecule has 2 N–H and O–H groups in total. The third-order valence-electron chi connectivity index (χ3n) is 2.58. The Labute approximate surface area is 121 Å². The molecule has 2 rings (SSSR count). The number of aryl methyl sites for hydroxylation is 1. The van der Waals surface area contributed by atoms with Gasteiger partial charge in [0.25, 0.3) is 0 Å². The van der Waals surface area contributed by atoms with Crippen molar-refractivity contribution in [1.29, 1.82) is 0 Å². The molecule has 106 valence electrons. The number of hydrogen-bond donors (Lipinski definition) is 2. The normalized spacial score (nSPS) is 10.1. The number of nitrogens with one attached hydrogen (secondary N) is 2. The minimum Gasteiger partial charge on any atom is -0.481 e. The van der Waals surface area contributed by atoms with Gasteiger partial charge in [-0.2, -0.15) is 0 Å². The Hall–Kier alpha value is -2.15. The van der Waals surface area contributed by atoms with Crippen LogP contribution in [0.15, 0.2) is 24.5 Å². The van der Waals surface area contributed by atoms with Crippen LogP contribution < -0.4 is 15.4 Å². The number of hydrogen-bond acceptors (Lipinski definition) is 5. The lowest BCUT2D eigenvalue weighted by atomic mass is 10.3. The molecule has 0 saturated carbocycles. The zero-order valence-corrected chi connectivity index (χ0v) is 12.2. The van der Waals surface area contributed by atoms with E-state index in [1.807, 2.05) is 13.0 Å². The van der Waals surface area contributed by atoms with Crippen LogP contribution in [0.5, 0.6) is 5.88 Å². The van der Waals surface area contributed by atoms with Gasteiger partial charge in [0.2, 0.25) is 5.88 Å². The highest BCUT2D eigenvalue weighted by Crippen LogP contribution is 2.13. The molecule has 0 fully saturated rings. The standard InChI is InChI=1S/C13H16N4O2S/c1-9-15-7-11(20-9)8-17-13(18)16-6-10-4-3-5-14-12(10)19-2/h3-5,7H,6,8H2,1-2H3,(H2,16,17,18). The van der Waals surface area contributed by atoms with E-state index in [1.165, 1.54) is 0 Å². The fraction of sp³-hybridized carbons (Fsp3) is 0.308. The van der Waals surface area contributed by atoms with Gasteiger partial charge in [-0.25, -0.2) is 14.8 Å². The molecule has 20 heavy (non-hydrogen) atoms. The third-order valence-corrected chi connectivity index (χ3v) is 3.49. The topological polar surface area (TPSA) is 76.1 Å². The van der Waals surface area contributed by atoms with E-state index in [0.717, 1.165) is 15.4 Å². The monoisotopic (exact) mass is 292 g/mol. The largest absolute Gasteiger partial charge is 0.481 e. The maximum atomic E-state index is 11.7. The molecular weight excluding hydrogens is 276 g/mol. The number of pyridine rings is 1. The average Bonchev–Trinajstić information content (AvgIpc) is 2.89. The molecule has 0 aliphatic heterocycles. The Morgan fingerprint density at radius 2 is 2.15 bits per heavy atom. The van der Waals surface area contributed by atoms with Gasteiger partial charge in [-0.3, -0.25) is 0 Å². The summed E-state index contributed by atoms with van der Waals surface area (Å²) in [5.41, 5.74) is 0.832. The SMILES string of the molecule is COc1ncccc1CNC(=O)NCc1cnc(C)s1. The third kappa shape index (κ3) is 3.92. The van der Waals surface area contributed by atoms with Gasteiger partial charge in [0.15, 0.2) is 0 Å². The maximum Gasteiger partial charge on any atom is 0.315 e. The fourth-order valence-corrected chi connectivity index (χ4v) is 2.37.